The Kier molecular flexibility index (Phi) is 3.35. The van der Waals surface area contributed by atoms with Crippen molar-refractivity contribution in [2.75, 3.05) is 13.7 Å². The molecule has 1 N–H and O–H groups in total. The summed E-state index contributed by atoms with van der Waals surface area (Å²) in [6.45, 7) is 1.69. The first kappa shape index (κ1) is 13.2. The van der Waals surface area contributed by atoms with Crippen molar-refractivity contribution in [3.8, 4) is 0 Å². The number of rotatable bonds is 3. The Bertz CT molecular complexity index is 554. The topological polar surface area (TPSA) is 81.7 Å². The van der Waals surface area contributed by atoms with E-state index in [0.717, 1.165) is 7.11 Å². The second-order valence-corrected chi connectivity index (χ2v) is 3.93. The van der Waals surface area contributed by atoms with Gasteiger partial charge < -0.3 is 14.8 Å². The molecule has 100 valence electrons. The summed E-state index contributed by atoms with van der Waals surface area (Å²) in [6, 6.07) is 6.24. The van der Waals surface area contributed by atoms with Gasteiger partial charge in [0.15, 0.2) is 0 Å². The van der Waals surface area contributed by atoms with Gasteiger partial charge in [0.05, 0.1) is 12.7 Å². The van der Waals surface area contributed by atoms with Gasteiger partial charge in [-0.3, -0.25) is 9.59 Å². The first-order valence-electron chi connectivity index (χ1n) is 5.75. The zero-order chi connectivity index (χ0) is 14.0. The highest BCUT2D eigenvalue weighted by molar-refractivity contribution is 6.24. The van der Waals surface area contributed by atoms with Crippen LogP contribution in [-0.2, 0) is 14.3 Å². The Hall–Kier alpha value is -2.21. The van der Waals surface area contributed by atoms with Gasteiger partial charge in [-0.05, 0) is 13.0 Å². The van der Waals surface area contributed by atoms with Crippen LogP contribution in [0.25, 0.3) is 0 Å². The molecular weight excluding hydrogens is 250 g/mol. The SMILES string of the molecule is CCOC1(C(=O)OC)NC(=O)c2ccccc2C1=O. The molecule has 1 unspecified atom stereocenters. The monoisotopic (exact) mass is 263 g/mol. The van der Waals surface area contributed by atoms with Gasteiger partial charge in [0.25, 0.3) is 5.91 Å². The molecule has 1 aromatic carbocycles. The van der Waals surface area contributed by atoms with Crippen molar-refractivity contribution < 1.29 is 23.9 Å². The van der Waals surface area contributed by atoms with Crippen LogP contribution in [0, 0.1) is 0 Å². The number of carbonyl (C=O) groups excluding carboxylic acids is 3. The Morgan fingerprint density at radius 2 is 1.89 bits per heavy atom. The average Bonchev–Trinajstić information content (AvgIpc) is 2.44. The molecule has 1 aliphatic heterocycles. The summed E-state index contributed by atoms with van der Waals surface area (Å²) in [5.41, 5.74) is -1.73. The van der Waals surface area contributed by atoms with E-state index in [2.05, 4.69) is 10.1 Å². The van der Waals surface area contributed by atoms with Crippen molar-refractivity contribution in [2.24, 2.45) is 0 Å². The lowest BCUT2D eigenvalue weighted by atomic mass is 9.91. The summed E-state index contributed by atoms with van der Waals surface area (Å²) >= 11 is 0. The fourth-order valence-electron chi connectivity index (χ4n) is 2.02. The third-order valence-corrected chi connectivity index (χ3v) is 2.86. The standard InChI is InChI=1S/C13H13NO5/c1-3-19-13(12(17)18-2)10(15)8-6-4-5-7-9(8)11(16)14-13/h4-7H,3H2,1-2H3,(H,14,16). The number of methoxy groups -OCH3 is 1. The Morgan fingerprint density at radius 1 is 1.26 bits per heavy atom. The molecule has 1 amide bonds. The van der Waals surface area contributed by atoms with E-state index in [9.17, 15) is 14.4 Å². The molecule has 0 spiro atoms. The van der Waals surface area contributed by atoms with E-state index in [4.69, 9.17) is 4.74 Å². The van der Waals surface area contributed by atoms with Crippen LogP contribution < -0.4 is 5.32 Å². The van der Waals surface area contributed by atoms with Crippen molar-refractivity contribution in [3.63, 3.8) is 0 Å². The minimum Gasteiger partial charge on any atom is -0.465 e. The van der Waals surface area contributed by atoms with Gasteiger partial charge in [0.1, 0.15) is 0 Å². The summed E-state index contributed by atoms with van der Waals surface area (Å²) in [7, 11) is 1.13. The predicted molar refractivity (Wildman–Crippen MR) is 64.6 cm³/mol. The maximum absolute atomic E-state index is 12.4. The summed E-state index contributed by atoms with van der Waals surface area (Å²) in [5, 5.41) is 2.30. The quantitative estimate of drug-likeness (QED) is 0.635. The number of nitrogens with one attached hydrogen (secondary N) is 1. The van der Waals surface area contributed by atoms with E-state index in [-0.39, 0.29) is 17.7 Å². The number of hydrogen-bond acceptors (Lipinski definition) is 5. The number of ether oxygens (including phenoxy) is 2. The molecule has 1 aliphatic rings. The minimum atomic E-state index is -2.09. The van der Waals surface area contributed by atoms with Gasteiger partial charge >= 0.3 is 11.7 Å². The molecule has 2 rings (SSSR count). The molecule has 0 bridgehead atoms. The highest BCUT2D eigenvalue weighted by atomic mass is 16.6. The number of esters is 1. The van der Waals surface area contributed by atoms with Crippen LogP contribution in [0.4, 0.5) is 0 Å². The summed E-state index contributed by atoms with van der Waals surface area (Å²) in [6.07, 6.45) is 0. The normalized spacial score (nSPS) is 21.6. The molecule has 6 nitrogen and oxygen atoms in total. The summed E-state index contributed by atoms with van der Waals surface area (Å²) < 4.78 is 9.79. The molecule has 1 atom stereocenters. The highest BCUT2D eigenvalue weighted by Crippen LogP contribution is 2.25. The largest absolute Gasteiger partial charge is 0.465 e. The lowest BCUT2D eigenvalue weighted by Crippen LogP contribution is -2.65. The van der Waals surface area contributed by atoms with Crippen LogP contribution in [0.5, 0.6) is 0 Å². The fourth-order valence-corrected chi connectivity index (χ4v) is 2.02. The minimum absolute atomic E-state index is 0.0727. The molecule has 6 heteroatoms. The van der Waals surface area contributed by atoms with E-state index in [0.29, 0.717) is 0 Å². The van der Waals surface area contributed by atoms with Crippen LogP contribution in [0.1, 0.15) is 27.6 Å². The Balaban J connectivity index is 2.58. The molecule has 0 aliphatic carbocycles. The second kappa shape index (κ2) is 4.81. The van der Waals surface area contributed by atoms with E-state index in [1.165, 1.54) is 12.1 Å². The van der Waals surface area contributed by atoms with Gasteiger partial charge in [-0.15, -0.1) is 0 Å². The maximum atomic E-state index is 12.4. The first-order valence-corrected chi connectivity index (χ1v) is 5.75. The number of benzene rings is 1. The van der Waals surface area contributed by atoms with E-state index in [1.54, 1.807) is 19.1 Å². The Morgan fingerprint density at radius 3 is 2.47 bits per heavy atom. The van der Waals surface area contributed by atoms with Crippen LogP contribution >= 0.6 is 0 Å². The number of ketones is 1. The highest BCUT2D eigenvalue weighted by Gasteiger charge is 2.54. The van der Waals surface area contributed by atoms with Crippen LogP contribution in [0.3, 0.4) is 0 Å². The smallest absolute Gasteiger partial charge is 0.368 e. The molecule has 1 aromatic rings. The van der Waals surface area contributed by atoms with Crippen molar-refractivity contribution in [1.29, 1.82) is 0 Å². The van der Waals surface area contributed by atoms with Crippen LogP contribution in [-0.4, -0.2) is 37.1 Å². The number of hydrogen-bond donors (Lipinski definition) is 1. The summed E-state index contributed by atoms with van der Waals surface area (Å²) in [4.78, 5) is 36.3. The molecule has 0 saturated carbocycles. The van der Waals surface area contributed by atoms with Crippen molar-refractivity contribution in [1.82, 2.24) is 5.32 Å². The fraction of sp³-hybridized carbons (Fsp3) is 0.308. The van der Waals surface area contributed by atoms with Gasteiger partial charge in [-0.1, -0.05) is 18.2 Å². The van der Waals surface area contributed by atoms with E-state index in [1.807, 2.05) is 0 Å². The molecular formula is C13H13NO5. The van der Waals surface area contributed by atoms with Crippen LogP contribution in [0.15, 0.2) is 24.3 Å². The molecule has 0 saturated heterocycles. The average molecular weight is 263 g/mol. The van der Waals surface area contributed by atoms with Gasteiger partial charge in [0.2, 0.25) is 5.78 Å². The van der Waals surface area contributed by atoms with Crippen LogP contribution in [0.2, 0.25) is 0 Å². The third-order valence-electron chi connectivity index (χ3n) is 2.86. The van der Waals surface area contributed by atoms with Gasteiger partial charge in [0, 0.05) is 12.2 Å². The third kappa shape index (κ3) is 1.90. The van der Waals surface area contributed by atoms with E-state index < -0.39 is 23.4 Å². The van der Waals surface area contributed by atoms with Gasteiger partial charge in [-0.2, -0.15) is 0 Å². The van der Waals surface area contributed by atoms with Crippen molar-refractivity contribution in [3.05, 3.63) is 35.4 Å². The predicted octanol–water partition coefficient (Wildman–Crippen LogP) is 0.518. The molecule has 19 heavy (non-hydrogen) atoms. The lowest BCUT2D eigenvalue weighted by Gasteiger charge is -2.33. The first-order chi connectivity index (χ1) is 9.06. The summed E-state index contributed by atoms with van der Waals surface area (Å²) in [5.74, 6) is -2.12. The number of amides is 1. The lowest BCUT2D eigenvalue weighted by molar-refractivity contribution is -0.165. The molecule has 0 fully saturated rings. The molecule has 0 radical (unpaired) electrons. The Labute approximate surface area is 109 Å². The zero-order valence-electron chi connectivity index (χ0n) is 10.6. The van der Waals surface area contributed by atoms with E-state index >= 15 is 0 Å². The molecule has 0 aromatic heterocycles. The second-order valence-electron chi connectivity index (χ2n) is 3.93. The number of carbonyl (C=O) groups is 3. The molecule has 1 heterocycles. The zero-order valence-corrected chi connectivity index (χ0v) is 10.6. The number of fused-ring (bicyclic) bond motifs is 1. The van der Waals surface area contributed by atoms with Crippen molar-refractivity contribution in [2.45, 2.75) is 12.6 Å². The maximum Gasteiger partial charge on any atom is 0.368 e. The van der Waals surface area contributed by atoms with Gasteiger partial charge in [-0.25, -0.2) is 4.79 Å². The number of Topliss-reactive ketones (excluding diaryl/α,β-unsaturated/α-hetero) is 1. The van der Waals surface area contributed by atoms with Crippen molar-refractivity contribution >= 4 is 17.7 Å².